The lowest BCUT2D eigenvalue weighted by Gasteiger charge is -2.20. The van der Waals surface area contributed by atoms with Gasteiger partial charge in [0, 0.05) is 43.7 Å². The van der Waals surface area contributed by atoms with Crippen molar-refractivity contribution in [2.24, 2.45) is 0 Å². The van der Waals surface area contributed by atoms with E-state index >= 15 is 0 Å². The number of aliphatic carboxylic acids is 3. The molecule has 0 aliphatic rings. The molecule has 0 radical (unpaired) electrons. The molecule has 0 aliphatic heterocycles. The Morgan fingerprint density at radius 2 is 1.53 bits per heavy atom. The molecule has 3 atom stereocenters. The molecule has 0 spiro atoms. The van der Waals surface area contributed by atoms with Crippen molar-refractivity contribution in [3.05, 3.63) is 59.9 Å². The molecule has 51 heavy (non-hydrogen) atoms. The molecule has 0 bridgehead atoms. The van der Waals surface area contributed by atoms with E-state index in [0.717, 1.165) is 22.0 Å². The monoisotopic (exact) mass is 731 g/mol. The van der Waals surface area contributed by atoms with E-state index in [1.54, 1.807) is 10.9 Å². The number of hydrogen-bond donors (Lipinski definition) is 7. The zero-order valence-corrected chi connectivity index (χ0v) is 28.6. The maximum Gasteiger partial charge on any atom is 0.326 e. The van der Waals surface area contributed by atoms with Crippen LogP contribution >= 0.6 is 12.1 Å². The number of carboxylic acids is 3. The van der Waals surface area contributed by atoms with Crippen LogP contribution in [0.15, 0.2) is 48.7 Å². The molecule has 1 heterocycles. The second-order valence-electron chi connectivity index (χ2n) is 11.7. The van der Waals surface area contributed by atoms with E-state index in [4.69, 9.17) is 5.11 Å². The third kappa shape index (κ3) is 14.2. The van der Waals surface area contributed by atoms with Gasteiger partial charge in [0.25, 0.3) is 0 Å². The minimum absolute atomic E-state index is 0.0379. The molecular weight excluding hydrogens is 689 g/mol. The lowest BCUT2D eigenvalue weighted by molar-refractivity contribution is -0.141. The predicted molar refractivity (Wildman–Crippen MR) is 184 cm³/mol. The Hall–Kier alpha value is -5.26. The van der Waals surface area contributed by atoms with E-state index in [0.29, 0.717) is 25.8 Å². The Kier molecular flexibility index (Phi) is 16.6. The molecule has 16 nitrogen and oxygen atoms in total. The smallest absolute Gasteiger partial charge is 0.326 e. The average molecular weight is 732 g/mol. The van der Waals surface area contributed by atoms with Crippen molar-refractivity contribution in [1.82, 2.24) is 36.3 Å². The van der Waals surface area contributed by atoms with Crippen LogP contribution in [0.5, 0.6) is 0 Å². The summed E-state index contributed by atoms with van der Waals surface area (Å²) in [4.78, 5) is 72.4. The minimum Gasteiger partial charge on any atom is -0.481 e. The number of urea groups is 1. The number of aromatic nitrogens is 3. The Labute approximate surface area is 297 Å². The summed E-state index contributed by atoms with van der Waals surface area (Å²) in [5.74, 6) is -4.61. The molecule has 0 aliphatic carbocycles. The van der Waals surface area contributed by atoms with Crippen LogP contribution in [-0.2, 0) is 43.4 Å². The first-order valence-corrected chi connectivity index (χ1v) is 17.3. The highest BCUT2D eigenvalue weighted by atomic mass is 32.2. The number of fused-ring (bicyclic) bond motifs is 1. The summed E-state index contributed by atoms with van der Waals surface area (Å²) in [6, 6.07) is 8.65. The van der Waals surface area contributed by atoms with Gasteiger partial charge in [0.1, 0.15) is 18.1 Å². The largest absolute Gasteiger partial charge is 0.481 e. The zero-order chi connectivity index (χ0) is 37.2. The summed E-state index contributed by atoms with van der Waals surface area (Å²) >= 11 is 0.203. The van der Waals surface area contributed by atoms with Crippen molar-refractivity contribution in [2.45, 2.75) is 82.5 Å². The summed E-state index contributed by atoms with van der Waals surface area (Å²) in [7, 11) is 0. The van der Waals surface area contributed by atoms with E-state index in [1.165, 1.54) is 0 Å². The second-order valence-corrected chi connectivity index (χ2v) is 12.4. The molecule has 4 amide bonds. The molecule has 2 aromatic carbocycles. The maximum atomic E-state index is 13.3. The van der Waals surface area contributed by atoms with Gasteiger partial charge in [0.05, 0.1) is 18.4 Å². The SMILES string of the molecule is O=C(O)CCC(NC(=O)NC(CCCCNC(=O)C(Cc1ccc2ccccc2c1)NC(=O)CCCc1cnnn1CCSF)C(=O)O)C(=O)O. The van der Waals surface area contributed by atoms with Gasteiger partial charge >= 0.3 is 23.9 Å². The number of carboxylic acid groups (broad SMARTS) is 3. The number of carbonyl (C=O) groups excluding carboxylic acids is 3. The summed E-state index contributed by atoms with van der Waals surface area (Å²) < 4.78 is 14.1. The minimum atomic E-state index is -1.52. The molecule has 1 aromatic heterocycles. The van der Waals surface area contributed by atoms with Crippen LogP contribution in [0.4, 0.5) is 8.68 Å². The van der Waals surface area contributed by atoms with E-state index in [2.05, 4.69) is 31.6 Å². The van der Waals surface area contributed by atoms with Gasteiger partial charge < -0.3 is 36.6 Å². The highest BCUT2D eigenvalue weighted by Gasteiger charge is 2.25. The molecule has 3 unspecified atom stereocenters. The van der Waals surface area contributed by atoms with Crippen LogP contribution in [0.25, 0.3) is 10.8 Å². The highest BCUT2D eigenvalue weighted by Crippen LogP contribution is 2.17. The third-order valence-corrected chi connectivity index (χ3v) is 8.23. The van der Waals surface area contributed by atoms with Crippen LogP contribution in [-0.4, -0.2) is 96.5 Å². The summed E-state index contributed by atoms with van der Waals surface area (Å²) in [5, 5.41) is 47.2. The number of nitrogens with one attached hydrogen (secondary N) is 4. The van der Waals surface area contributed by atoms with E-state index in [-0.39, 0.29) is 62.5 Å². The van der Waals surface area contributed by atoms with Crippen LogP contribution in [0, 0.1) is 0 Å². The van der Waals surface area contributed by atoms with Crippen molar-refractivity contribution < 1.29 is 48.0 Å². The number of nitrogens with zero attached hydrogens (tertiary/aromatic N) is 3. The molecular formula is C33H42FN7O9S. The Morgan fingerprint density at radius 3 is 2.22 bits per heavy atom. The van der Waals surface area contributed by atoms with E-state index < -0.39 is 54.4 Å². The predicted octanol–water partition coefficient (Wildman–Crippen LogP) is 2.46. The Balaban J connectivity index is 1.54. The second kappa shape index (κ2) is 21.1. The molecule has 3 aromatic rings. The number of halogens is 1. The number of benzene rings is 2. The topological polar surface area (TPSA) is 242 Å². The van der Waals surface area contributed by atoms with Gasteiger partial charge in [0.15, 0.2) is 0 Å². The number of unbranched alkanes of at least 4 members (excludes halogenated alkanes) is 1. The molecule has 0 saturated carbocycles. The van der Waals surface area contributed by atoms with Crippen LogP contribution < -0.4 is 21.3 Å². The van der Waals surface area contributed by atoms with Crippen molar-refractivity contribution in [1.29, 1.82) is 0 Å². The van der Waals surface area contributed by atoms with Gasteiger partial charge in [-0.1, -0.05) is 47.7 Å². The number of aryl methyl sites for hydroxylation is 2. The molecule has 7 N–H and O–H groups in total. The van der Waals surface area contributed by atoms with Crippen molar-refractivity contribution >= 4 is 58.7 Å². The van der Waals surface area contributed by atoms with Gasteiger partial charge in [-0.2, -0.15) is 3.89 Å². The number of carbonyl (C=O) groups is 6. The maximum absolute atomic E-state index is 13.3. The average Bonchev–Trinajstić information content (AvgIpc) is 3.54. The van der Waals surface area contributed by atoms with Crippen molar-refractivity contribution in [3.8, 4) is 0 Å². The molecule has 276 valence electrons. The molecule has 3 rings (SSSR count). The summed E-state index contributed by atoms with van der Waals surface area (Å²) in [5.41, 5.74) is 1.60. The van der Waals surface area contributed by atoms with Crippen LogP contribution in [0.1, 0.15) is 56.2 Å². The first-order valence-electron chi connectivity index (χ1n) is 16.4. The van der Waals surface area contributed by atoms with E-state index in [1.807, 2.05) is 42.5 Å². The first-order chi connectivity index (χ1) is 24.5. The summed E-state index contributed by atoms with van der Waals surface area (Å²) in [6.07, 6.45) is 2.49. The van der Waals surface area contributed by atoms with Crippen molar-refractivity contribution in [2.75, 3.05) is 12.3 Å². The molecule has 0 fully saturated rings. The fourth-order valence-electron chi connectivity index (χ4n) is 5.24. The molecule has 0 saturated heterocycles. The normalized spacial score (nSPS) is 12.7. The van der Waals surface area contributed by atoms with Gasteiger partial charge in [0.2, 0.25) is 11.8 Å². The lowest BCUT2D eigenvalue weighted by atomic mass is 10.0. The quantitative estimate of drug-likeness (QED) is 0.0696. The fraction of sp³-hybridized carbons (Fsp3) is 0.455. The highest BCUT2D eigenvalue weighted by molar-refractivity contribution is 7.94. The van der Waals surface area contributed by atoms with Gasteiger partial charge in [-0.15, -0.1) is 5.10 Å². The fourth-order valence-corrected chi connectivity index (χ4v) is 5.48. The number of rotatable bonds is 23. The van der Waals surface area contributed by atoms with Gasteiger partial charge in [-0.05, 0) is 54.9 Å². The van der Waals surface area contributed by atoms with E-state index in [9.17, 15) is 42.9 Å². The number of amides is 4. The van der Waals surface area contributed by atoms with Crippen LogP contribution in [0.2, 0.25) is 0 Å². The third-order valence-electron chi connectivity index (χ3n) is 7.89. The Bertz CT molecular complexity index is 1660. The van der Waals surface area contributed by atoms with Gasteiger partial charge in [-0.25, -0.2) is 19.1 Å². The summed E-state index contributed by atoms with van der Waals surface area (Å²) in [6.45, 7) is 0.495. The lowest BCUT2D eigenvalue weighted by Crippen LogP contribution is -2.51. The Morgan fingerprint density at radius 1 is 0.824 bits per heavy atom. The standard InChI is InChI=1S/C33H42FN7O9S/c34-51-17-16-41-24(20-36-40-41)8-5-10-28(42)37-27(19-21-11-12-22-6-1-2-7-23(22)18-21)30(45)35-15-4-3-9-25(31(46)47)38-33(50)39-26(32(48)49)13-14-29(43)44/h1-2,6-7,11-12,18,20,25-27H,3-5,8-10,13-17,19H2,(H,35,45)(H,37,42)(H,43,44)(H,46,47)(H,48,49)(H2,38,39,50). The zero-order valence-electron chi connectivity index (χ0n) is 27.8. The van der Waals surface area contributed by atoms with Crippen LogP contribution in [0.3, 0.4) is 0 Å². The van der Waals surface area contributed by atoms with Gasteiger partial charge in [-0.3, -0.25) is 14.4 Å². The van der Waals surface area contributed by atoms with Crippen molar-refractivity contribution in [3.63, 3.8) is 0 Å². The number of hydrogen-bond acceptors (Lipinski definition) is 9. The first kappa shape index (κ1) is 40.2. The molecule has 18 heteroatoms.